The summed E-state index contributed by atoms with van der Waals surface area (Å²) in [5, 5.41) is 5.36. The summed E-state index contributed by atoms with van der Waals surface area (Å²) in [6.07, 6.45) is 1.77. The van der Waals surface area contributed by atoms with E-state index < -0.39 is 5.25 Å². The van der Waals surface area contributed by atoms with Gasteiger partial charge in [-0.3, -0.25) is 9.59 Å². The van der Waals surface area contributed by atoms with Gasteiger partial charge in [0.2, 0.25) is 5.91 Å². The van der Waals surface area contributed by atoms with E-state index in [1.807, 2.05) is 80.6 Å². The normalized spacial score (nSPS) is 11.3. The van der Waals surface area contributed by atoms with Gasteiger partial charge in [-0.05, 0) is 73.5 Å². The fourth-order valence-electron chi connectivity index (χ4n) is 3.88. The SMILES string of the molecule is CCCCOC(=O)c1ccc(NC(=O)C(Sc2cccc(NC(=O)c3ccc(C)cc3)c2)c2ccccc2)cc1. The van der Waals surface area contributed by atoms with Gasteiger partial charge in [0.1, 0.15) is 5.25 Å². The van der Waals surface area contributed by atoms with E-state index in [1.165, 1.54) is 11.8 Å². The van der Waals surface area contributed by atoms with Crippen LogP contribution in [0, 0.1) is 6.92 Å². The Morgan fingerprint density at radius 2 is 1.48 bits per heavy atom. The highest BCUT2D eigenvalue weighted by atomic mass is 32.2. The van der Waals surface area contributed by atoms with Crippen molar-refractivity contribution >= 4 is 40.9 Å². The van der Waals surface area contributed by atoms with Crippen LogP contribution in [-0.2, 0) is 9.53 Å². The van der Waals surface area contributed by atoms with Crippen LogP contribution >= 0.6 is 11.8 Å². The second kappa shape index (κ2) is 14.1. The summed E-state index contributed by atoms with van der Waals surface area (Å²) in [7, 11) is 0. The number of unbranched alkanes of at least 4 members (excludes halogenated alkanes) is 1. The molecule has 4 rings (SSSR count). The number of carbonyl (C=O) groups excluding carboxylic acids is 3. The monoisotopic (exact) mass is 552 g/mol. The van der Waals surface area contributed by atoms with Gasteiger partial charge in [-0.15, -0.1) is 11.8 Å². The molecule has 0 heterocycles. The highest BCUT2D eigenvalue weighted by Gasteiger charge is 2.23. The third kappa shape index (κ3) is 8.07. The molecular weight excluding hydrogens is 520 g/mol. The number of ether oxygens (including phenoxy) is 1. The second-order valence-corrected chi connectivity index (χ2v) is 10.5. The van der Waals surface area contributed by atoms with Gasteiger partial charge in [0.25, 0.3) is 5.91 Å². The van der Waals surface area contributed by atoms with E-state index in [0.717, 1.165) is 28.9 Å². The lowest BCUT2D eigenvalue weighted by Crippen LogP contribution is -2.19. The average Bonchev–Trinajstić information content (AvgIpc) is 2.97. The number of nitrogens with one attached hydrogen (secondary N) is 2. The molecule has 0 spiro atoms. The molecule has 2 amide bonds. The van der Waals surface area contributed by atoms with E-state index >= 15 is 0 Å². The Hall–Kier alpha value is -4.36. The van der Waals surface area contributed by atoms with Crippen molar-refractivity contribution < 1.29 is 19.1 Å². The first-order valence-corrected chi connectivity index (χ1v) is 14.1. The van der Waals surface area contributed by atoms with Crippen molar-refractivity contribution in [2.45, 2.75) is 36.8 Å². The summed E-state index contributed by atoms with van der Waals surface area (Å²) >= 11 is 1.39. The Bertz CT molecular complexity index is 1440. The number of rotatable bonds is 11. The van der Waals surface area contributed by atoms with Crippen LogP contribution in [0.3, 0.4) is 0 Å². The molecule has 6 nitrogen and oxygen atoms in total. The number of hydrogen-bond acceptors (Lipinski definition) is 5. The summed E-state index contributed by atoms with van der Waals surface area (Å²) in [5.41, 5.74) is 4.16. The number of amides is 2. The minimum Gasteiger partial charge on any atom is -0.462 e. The Morgan fingerprint density at radius 3 is 2.17 bits per heavy atom. The highest BCUT2D eigenvalue weighted by Crippen LogP contribution is 2.37. The molecule has 0 aliphatic heterocycles. The predicted octanol–water partition coefficient (Wildman–Crippen LogP) is 7.68. The number of carbonyl (C=O) groups is 3. The van der Waals surface area contributed by atoms with Crippen molar-refractivity contribution in [3.63, 3.8) is 0 Å². The van der Waals surface area contributed by atoms with Crippen molar-refractivity contribution in [1.82, 2.24) is 0 Å². The number of anilines is 2. The molecule has 204 valence electrons. The fourth-order valence-corrected chi connectivity index (χ4v) is 4.97. The first-order chi connectivity index (χ1) is 19.4. The first-order valence-electron chi connectivity index (χ1n) is 13.2. The maximum atomic E-state index is 13.5. The van der Waals surface area contributed by atoms with Crippen LogP contribution in [0.25, 0.3) is 0 Å². The Morgan fingerprint density at radius 1 is 0.775 bits per heavy atom. The van der Waals surface area contributed by atoms with E-state index in [-0.39, 0.29) is 17.8 Å². The van der Waals surface area contributed by atoms with Crippen LogP contribution in [0.1, 0.15) is 56.9 Å². The Kier molecular flexibility index (Phi) is 10.1. The first kappa shape index (κ1) is 28.6. The van der Waals surface area contributed by atoms with Gasteiger partial charge in [-0.2, -0.15) is 0 Å². The van der Waals surface area contributed by atoms with Crippen LogP contribution in [0.15, 0.2) is 108 Å². The largest absolute Gasteiger partial charge is 0.462 e. The Labute approximate surface area is 239 Å². The maximum Gasteiger partial charge on any atom is 0.338 e. The van der Waals surface area contributed by atoms with Crippen LogP contribution < -0.4 is 10.6 Å². The fraction of sp³-hybridized carbons (Fsp3) is 0.182. The topological polar surface area (TPSA) is 84.5 Å². The molecule has 4 aromatic carbocycles. The molecule has 0 saturated heterocycles. The van der Waals surface area contributed by atoms with Crippen LogP contribution in [0.5, 0.6) is 0 Å². The highest BCUT2D eigenvalue weighted by molar-refractivity contribution is 8.00. The molecule has 0 fully saturated rings. The smallest absolute Gasteiger partial charge is 0.338 e. The van der Waals surface area contributed by atoms with Gasteiger partial charge in [0, 0.05) is 21.8 Å². The number of thioether (sulfide) groups is 1. The molecule has 0 radical (unpaired) electrons. The van der Waals surface area contributed by atoms with Crippen molar-refractivity contribution in [2.24, 2.45) is 0 Å². The second-order valence-electron chi connectivity index (χ2n) is 9.31. The lowest BCUT2D eigenvalue weighted by Gasteiger charge is -2.18. The van der Waals surface area contributed by atoms with Gasteiger partial charge in [0.15, 0.2) is 0 Å². The molecule has 1 atom stereocenters. The van der Waals surface area contributed by atoms with E-state index in [4.69, 9.17) is 4.74 Å². The quantitative estimate of drug-likeness (QED) is 0.113. The molecule has 0 aliphatic carbocycles. The number of benzene rings is 4. The molecule has 4 aromatic rings. The molecule has 0 aliphatic rings. The zero-order valence-corrected chi connectivity index (χ0v) is 23.4. The summed E-state index contributed by atoms with van der Waals surface area (Å²) in [6, 6.07) is 31.0. The van der Waals surface area contributed by atoms with Crippen molar-refractivity contribution in [1.29, 1.82) is 0 Å². The van der Waals surface area contributed by atoms with Gasteiger partial charge >= 0.3 is 5.97 Å². The summed E-state index contributed by atoms with van der Waals surface area (Å²) in [6.45, 7) is 4.40. The van der Waals surface area contributed by atoms with E-state index in [2.05, 4.69) is 10.6 Å². The minimum atomic E-state index is -0.553. The Balaban J connectivity index is 1.47. The molecule has 0 bridgehead atoms. The van der Waals surface area contributed by atoms with Gasteiger partial charge in [0.05, 0.1) is 12.2 Å². The molecule has 2 N–H and O–H groups in total. The van der Waals surface area contributed by atoms with Crippen molar-refractivity contribution in [3.05, 3.63) is 125 Å². The van der Waals surface area contributed by atoms with E-state index in [1.54, 1.807) is 36.4 Å². The third-order valence-corrected chi connectivity index (χ3v) is 7.37. The molecule has 0 aromatic heterocycles. The third-order valence-electron chi connectivity index (χ3n) is 6.12. The zero-order chi connectivity index (χ0) is 28.3. The summed E-state index contributed by atoms with van der Waals surface area (Å²) in [4.78, 5) is 39.2. The number of hydrogen-bond donors (Lipinski definition) is 2. The standard InChI is InChI=1S/C33H32N2O4S/c1-3-4-21-39-33(38)26-17-19-27(20-18-26)34-32(37)30(24-9-6-5-7-10-24)40-29-12-8-11-28(22-29)35-31(36)25-15-13-23(2)14-16-25/h5-20,22,30H,3-4,21H2,1-2H3,(H,34,37)(H,35,36). The summed E-state index contributed by atoms with van der Waals surface area (Å²) < 4.78 is 5.26. The number of aryl methyl sites for hydroxylation is 1. The van der Waals surface area contributed by atoms with E-state index in [0.29, 0.717) is 29.1 Å². The van der Waals surface area contributed by atoms with Crippen molar-refractivity contribution in [2.75, 3.05) is 17.2 Å². The lowest BCUT2D eigenvalue weighted by molar-refractivity contribution is -0.115. The van der Waals surface area contributed by atoms with Gasteiger partial charge in [-0.1, -0.05) is 67.4 Å². The number of esters is 1. The lowest BCUT2D eigenvalue weighted by atomic mass is 10.1. The van der Waals surface area contributed by atoms with Gasteiger partial charge in [-0.25, -0.2) is 4.79 Å². The molecule has 40 heavy (non-hydrogen) atoms. The van der Waals surface area contributed by atoms with Gasteiger partial charge < -0.3 is 15.4 Å². The van der Waals surface area contributed by atoms with Crippen LogP contribution in [0.2, 0.25) is 0 Å². The van der Waals surface area contributed by atoms with Crippen LogP contribution in [-0.4, -0.2) is 24.4 Å². The molecule has 7 heteroatoms. The predicted molar refractivity (Wildman–Crippen MR) is 161 cm³/mol. The average molecular weight is 553 g/mol. The zero-order valence-electron chi connectivity index (χ0n) is 22.6. The summed E-state index contributed by atoms with van der Waals surface area (Å²) in [5.74, 6) is -0.779. The molecular formula is C33H32N2O4S. The maximum absolute atomic E-state index is 13.5. The van der Waals surface area contributed by atoms with Crippen molar-refractivity contribution in [3.8, 4) is 0 Å². The van der Waals surface area contributed by atoms with Crippen LogP contribution in [0.4, 0.5) is 11.4 Å². The molecule has 0 saturated carbocycles. The minimum absolute atomic E-state index is 0.197. The van der Waals surface area contributed by atoms with E-state index in [9.17, 15) is 14.4 Å². The molecule has 1 unspecified atom stereocenters.